The second kappa shape index (κ2) is 12.1. The van der Waals surface area contributed by atoms with Crippen molar-refractivity contribution in [3.8, 4) is 5.75 Å². The zero-order chi connectivity index (χ0) is 24.6. The molecule has 1 heterocycles. The molecule has 3 rings (SSSR count). The zero-order valence-corrected chi connectivity index (χ0v) is 20.5. The van der Waals surface area contributed by atoms with E-state index in [-0.39, 0.29) is 38.9 Å². The number of para-hydroxylation sites is 1. The van der Waals surface area contributed by atoms with E-state index in [0.29, 0.717) is 23.8 Å². The lowest BCUT2D eigenvalue weighted by atomic mass is 9.97. The number of nitrogens with two attached hydrogens (primary N) is 1. The molecule has 0 aliphatic heterocycles. The normalized spacial score (nSPS) is 11.1. The molecule has 2 N–H and O–H groups in total. The highest BCUT2D eigenvalue weighted by atomic mass is 127. The molecule has 0 aliphatic carbocycles. The number of halogens is 4. The van der Waals surface area contributed by atoms with Gasteiger partial charge in [-0.3, -0.25) is 9.59 Å². The summed E-state index contributed by atoms with van der Waals surface area (Å²) in [6.45, 7) is 3.98. The lowest BCUT2D eigenvalue weighted by molar-refractivity contribution is -0.138. The van der Waals surface area contributed by atoms with E-state index in [9.17, 15) is 22.8 Å². The Morgan fingerprint density at radius 2 is 1.85 bits per heavy atom. The van der Waals surface area contributed by atoms with E-state index in [1.165, 1.54) is 12.3 Å². The van der Waals surface area contributed by atoms with Gasteiger partial charge in [-0.25, -0.2) is 0 Å². The number of amides is 1. The van der Waals surface area contributed by atoms with Crippen molar-refractivity contribution in [2.45, 2.75) is 45.7 Å². The van der Waals surface area contributed by atoms with Crippen LogP contribution in [0.4, 0.5) is 13.2 Å². The van der Waals surface area contributed by atoms with Crippen molar-refractivity contribution in [3.63, 3.8) is 0 Å². The van der Waals surface area contributed by atoms with Crippen molar-refractivity contribution >= 4 is 39.5 Å². The van der Waals surface area contributed by atoms with Crippen LogP contribution in [0.25, 0.3) is 11.0 Å². The number of alkyl halides is 3. The monoisotopic (exact) mass is 575 g/mol. The fourth-order valence-corrected chi connectivity index (χ4v) is 3.98. The van der Waals surface area contributed by atoms with Crippen LogP contribution in [-0.2, 0) is 12.6 Å². The Balaban J connectivity index is 0.000000288. The lowest BCUT2D eigenvalue weighted by Gasteiger charge is -2.20. The lowest BCUT2D eigenvalue weighted by Crippen LogP contribution is -2.20. The van der Waals surface area contributed by atoms with Crippen molar-refractivity contribution in [1.29, 1.82) is 0 Å². The first-order valence-corrected chi connectivity index (χ1v) is 11.5. The molecule has 0 saturated carbocycles. The molecular formula is C24H25F3INO4. The number of primary amides is 1. The molecule has 178 valence electrons. The first-order valence-electron chi connectivity index (χ1n) is 10.4. The third-order valence-electron chi connectivity index (χ3n) is 4.70. The number of fused-ring (bicyclic) bond motifs is 1. The van der Waals surface area contributed by atoms with Gasteiger partial charge in [0.05, 0.1) is 29.4 Å². The van der Waals surface area contributed by atoms with Crippen LogP contribution in [0.1, 0.15) is 54.6 Å². The molecule has 0 unspecified atom stereocenters. The van der Waals surface area contributed by atoms with Crippen molar-refractivity contribution in [3.05, 3.63) is 73.1 Å². The van der Waals surface area contributed by atoms with Crippen LogP contribution in [0.3, 0.4) is 0 Å². The first-order chi connectivity index (χ1) is 15.6. The Morgan fingerprint density at radius 1 is 1.15 bits per heavy atom. The average Bonchev–Trinajstić information content (AvgIpc) is 2.75. The Kier molecular flexibility index (Phi) is 9.75. The van der Waals surface area contributed by atoms with Crippen LogP contribution in [-0.4, -0.2) is 12.5 Å². The highest BCUT2D eigenvalue weighted by Gasteiger charge is 2.37. The predicted octanol–water partition coefficient (Wildman–Crippen LogP) is 6.33. The molecule has 5 nitrogen and oxygen atoms in total. The van der Waals surface area contributed by atoms with Crippen LogP contribution < -0.4 is 15.9 Å². The van der Waals surface area contributed by atoms with Crippen LogP contribution in [0, 0.1) is 3.57 Å². The van der Waals surface area contributed by atoms with Gasteiger partial charge in [0.15, 0.2) is 5.43 Å². The number of carbonyl (C=O) groups is 1. The Morgan fingerprint density at radius 3 is 2.42 bits per heavy atom. The summed E-state index contributed by atoms with van der Waals surface area (Å²) in [4.78, 5) is 22.8. The molecule has 33 heavy (non-hydrogen) atoms. The third-order valence-corrected chi connectivity index (χ3v) is 5.55. The average molecular weight is 575 g/mol. The summed E-state index contributed by atoms with van der Waals surface area (Å²) in [7, 11) is 0. The molecule has 0 saturated heterocycles. The van der Waals surface area contributed by atoms with Gasteiger partial charge in [0.2, 0.25) is 0 Å². The van der Waals surface area contributed by atoms with Gasteiger partial charge in [0.25, 0.3) is 5.91 Å². The molecule has 2 aromatic carbocycles. The standard InChI is InChI=1S/C15H19F3INO2.C9H6O2/c1-3-5-7-22-13-9(6-4-2)10(15(16,17)18)8-11(19)12(13)14(20)21;10-8-5-6-11-9-4-2-1-3-7(8)9/h8H,3-7H2,1-2H3,(H2,20,21);1-6H. The Hall–Kier alpha value is -2.56. The smallest absolute Gasteiger partial charge is 0.416 e. The van der Waals surface area contributed by atoms with E-state index in [4.69, 9.17) is 14.9 Å². The van der Waals surface area contributed by atoms with Crippen LogP contribution in [0.2, 0.25) is 0 Å². The molecule has 3 aromatic rings. The fraction of sp³-hybridized carbons (Fsp3) is 0.333. The first kappa shape index (κ1) is 26.7. The molecule has 0 spiro atoms. The summed E-state index contributed by atoms with van der Waals surface area (Å²) in [6.07, 6.45) is -0.880. The van der Waals surface area contributed by atoms with Crippen LogP contribution in [0.5, 0.6) is 5.75 Å². The van der Waals surface area contributed by atoms with Gasteiger partial charge >= 0.3 is 6.18 Å². The van der Waals surface area contributed by atoms with Crippen molar-refractivity contribution in [1.82, 2.24) is 0 Å². The molecule has 0 aliphatic rings. The minimum atomic E-state index is -4.50. The highest BCUT2D eigenvalue weighted by Crippen LogP contribution is 2.40. The molecule has 0 fully saturated rings. The van der Waals surface area contributed by atoms with Crippen LogP contribution in [0.15, 0.2) is 51.9 Å². The second-order valence-electron chi connectivity index (χ2n) is 7.18. The van der Waals surface area contributed by atoms with Gasteiger partial charge in [-0.05, 0) is 53.6 Å². The largest absolute Gasteiger partial charge is 0.492 e. The van der Waals surface area contributed by atoms with Crippen molar-refractivity contribution in [2.24, 2.45) is 5.73 Å². The highest BCUT2D eigenvalue weighted by molar-refractivity contribution is 14.1. The van der Waals surface area contributed by atoms with E-state index >= 15 is 0 Å². The maximum atomic E-state index is 13.3. The summed E-state index contributed by atoms with van der Waals surface area (Å²) in [5.41, 5.74) is 5.28. The molecule has 0 radical (unpaired) electrons. The van der Waals surface area contributed by atoms with Crippen LogP contribution >= 0.6 is 22.6 Å². The Bertz CT molecular complexity index is 1150. The molecule has 0 bridgehead atoms. The number of hydrogen-bond acceptors (Lipinski definition) is 4. The van der Waals surface area contributed by atoms with E-state index in [0.717, 1.165) is 12.5 Å². The molecule has 1 amide bonds. The minimum absolute atomic E-state index is 0.00634. The van der Waals surface area contributed by atoms with E-state index in [1.54, 1.807) is 41.6 Å². The van der Waals surface area contributed by atoms with E-state index in [1.807, 2.05) is 19.1 Å². The van der Waals surface area contributed by atoms with Gasteiger partial charge in [0, 0.05) is 15.2 Å². The third kappa shape index (κ3) is 6.96. The quantitative estimate of drug-likeness (QED) is 0.264. The number of unbranched alkanes of at least 4 members (excludes halogenated alkanes) is 1. The fourth-order valence-electron chi connectivity index (χ4n) is 3.16. The van der Waals surface area contributed by atoms with Gasteiger partial charge < -0.3 is 14.9 Å². The summed E-state index contributed by atoms with van der Waals surface area (Å²) >= 11 is 1.69. The Labute approximate surface area is 203 Å². The number of carbonyl (C=O) groups excluding carboxylic acids is 1. The molecule has 1 aromatic heterocycles. The topological polar surface area (TPSA) is 82.5 Å². The van der Waals surface area contributed by atoms with Gasteiger partial charge in [-0.2, -0.15) is 13.2 Å². The molecule has 0 atom stereocenters. The van der Waals surface area contributed by atoms with Crippen molar-refractivity contribution in [2.75, 3.05) is 6.61 Å². The summed E-state index contributed by atoms with van der Waals surface area (Å²) in [6, 6.07) is 9.57. The second-order valence-corrected chi connectivity index (χ2v) is 8.35. The number of hydrogen-bond donors (Lipinski definition) is 1. The zero-order valence-electron chi connectivity index (χ0n) is 18.3. The summed E-state index contributed by atoms with van der Waals surface area (Å²) < 4.78 is 50.6. The van der Waals surface area contributed by atoms with E-state index < -0.39 is 17.6 Å². The maximum Gasteiger partial charge on any atom is 0.416 e. The SMILES string of the molecule is CCCCOc1c(CCC)c(C(F)(F)F)cc(I)c1C(N)=O.O=c1ccoc2ccccc12. The maximum absolute atomic E-state index is 13.3. The molecule has 9 heteroatoms. The number of rotatable bonds is 7. The minimum Gasteiger partial charge on any atom is -0.492 e. The van der Waals surface area contributed by atoms with Gasteiger partial charge in [-0.1, -0.05) is 38.8 Å². The summed E-state index contributed by atoms with van der Waals surface area (Å²) in [5.74, 6) is -0.788. The van der Waals surface area contributed by atoms with Gasteiger partial charge in [-0.15, -0.1) is 0 Å². The number of ether oxygens (including phenoxy) is 1. The summed E-state index contributed by atoms with van der Waals surface area (Å²) in [5, 5.41) is 0.634. The van der Waals surface area contributed by atoms with E-state index in [2.05, 4.69) is 0 Å². The van der Waals surface area contributed by atoms with Crippen molar-refractivity contribution < 1.29 is 27.1 Å². The molecular weight excluding hydrogens is 550 g/mol. The predicted molar refractivity (Wildman–Crippen MR) is 130 cm³/mol. The number of benzene rings is 2. The van der Waals surface area contributed by atoms with Gasteiger partial charge in [0.1, 0.15) is 11.3 Å².